The van der Waals surface area contributed by atoms with Crippen LogP contribution in [-0.4, -0.2) is 38.8 Å². The SMILES string of the molecule is Nc1cnc(C#Cc2cncc(C(=O)Nc3ccc(CN4CCCCC4)c(C(F)(F)F)c3)c2)cn1. The zero-order chi connectivity index (χ0) is 24.8. The standard InChI is InChI=1S/C25H23F3N6O/c26-25(27,28)22-11-20(7-5-18(22)16-34-8-2-1-3-9-34)33-24(35)19-10-17(12-30-13-19)4-6-21-14-32-23(29)15-31-21/h5,7,10-15H,1-3,8-9,16H2,(H2,29,32)(H,33,35). The number of rotatable bonds is 4. The molecule has 7 nitrogen and oxygen atoms in total. The van der Waals surface area contributed by atoms with Crippen LogP contribution in [0.3, 0.4) is 0 Å². The summed E-state index contributed by atoms with van der Waals surface area (Å²) in [5.74, 6) is 5.29. The lowest BCUT2D eigenvalue weighted by molar-refractivity contribution is -0.138. The topological polar surface area (TPSA) is 97.0 Å². The van der Waals surface area contributed by atoms with Crippen molar-refractivity contribution in [1.82, 2.24) is 19.9 Å². The summed E-state index contributed by atoms with van der Waals surface area (Å²) < 4.78 is 41.3. The minimum Gasteiger partial charge on any atom is -0.382 e. The summed E-state index contributed by atoms with van der Waals surface area (Å²) in [4.78, 5) is 26.7. The van der Waals surface area contributed by atoms with E-state index in [0.717, 1.165) is 38.4 Å². The normalized spacial score (nSPS) is 14.1. The number of anilines is 2. The summed E-state index contributed by atoms with van der Waals surface area (Å²) in [5.41, 5.74) is 5.98. The van der Waals surface area contributed by atoms with Gasteiger partial charge in [0.1, 0.15) is 11.5 Å². The van der Waals surface area contributed by atoms with Gasteiger partial charge in [0, 0.05) is 30.2 Å². The summed E-state index contributed by atoms with van der Waals surface area (Å²) in [6.07, 6.45) is 4.11. The number of nitrogen functional groups attached to an aromatic ring is 1. The van der Waals surface area contributed by atoms with E-state index in [1.807, 2.05) is 4.90 Å². The van der Waals surface area contributed by atoms with E-state index in [1.54, 1.807) is 0 Å². The van der Waals surface area contributed by atoms with E-state index in [4.69, 9.17) is 5.73 Å². The molecule has 0 spiro atoms. The first-order chi connectivity index (χ1) is 16.8. The number of nitrogens with one attached hydrogen (secondary N) is 1. The van der Waals surface area contributed by atoms with Crippen molar-refractivity contribution in [3.8, 4) is 11.8 Å². The predicted octanol–water partition coefficient (Wildman–Crippen LogP) is 4.11. The van der Waals surface area contributed by atoms with Crippen molar-refractivity contribution < 1.29 is 18.0 Å². The highest BCUT2D eigenvalue weighted by atomic mass is 19.4. The van der Waals surface area contributed by atoms with Gasteiger partial charge >= 0.3 is 6.18 Å². The first-order valence-electron chi connectivity index (χ1n) is 11.1. The van der Waals surface area contributed by atoms with Gasteiger partial charge in [0.25, 0.3) is 5.91 Å². The molecule has 0 aliphatic carbocycles. The predicted molar refractivity (Wildman–Crippen MR) is 125 cm³/mol. The van der Waals surface area contributed by atoms with Gasteiger partial charge in [0.15, 0.2) is 0 Å². The molecule has 1 saturated heterocycles. The van der Waals surface area contributed by atoms with Gasteiger partial charge in [-0.25, -0.2) is 9.97 Å². The number of piperidine rings is 1. The van der Waals surface area contributed by atoms with Gasteiger partial charge in [0.2, 0.25) is 0 Å². The van der Waals surface area contributed by atoms with Crippen molar-refractivity contribution in [2.75, 3.05) is 24.1 Å². The van der Waals surface area contributed by atoms with Gasteiger partial charge in [-0.1, -0.05) is 18.4 Å². The van der Waals surface area contributed by atoms with E-state index in [0.29, 0.717) is 11.3 Å². The fourth-order valence-electron chi connectivity index (χ4n) is 3.79. The molecule has 1 aromatic carbocycles. The molecule has 180 valence electrons. The molecular formula is C25H23F3N6O. The molecule has 1 aliphatic rings. The maximum atomic E-state index is 13.8. The Labute approximate surface area is 200 Å². The van der Waals surface area contributed by atoms with E-state index in [9.17, 15) is 18.0 Å². The second-order valence-electron chi connectivity index (χ2n) is 8.20. The van der Waals surface area contributed by atoms with Crippen molar-refractivity contribution in [3.63, 3.8) is 0 Å². The van der Waals surface area contributed by atoms with Gasteiger partial charge in [0.05, 0.1) is 23.5 Å². The van der Waals surface area contributed by atoms with Crippen LogP contribution in [0.15, 0.2) is 49.1 Å². The number of aromatic nitrogens is 3. The maximum absolute atomic E-state index is 13.8. The third-order valence-corrected chi connectivity index (χ3v) is 5.52. The fraction of sp³-hybridized carbons (Fsp3) is 0.280. The zero-order valence-electron chi connectivity index (χ0n) is 18.8. The number of halogens is 3. The third-order valence-electron chi connectivity index (χ3n) is 5.52. The average Bonchev–Trinajstić information content (AvgIpc) is 2.85. The number of likely N-dealkylation sites (tertiary alicyclic amines) is 1. The Morgan fingerprint density at radius 3 is 2.54 bits per heavy atom. The van der Waals surface area contributed by atoms with Gasteiger partial charge in [-0.3, -0.25) is 14.7 Å². The molecule has 1 amide bonds. The van der Waals surface area contributed by atoms with Gasteiger partial charge < -0.3 is 11.1 Å². The largest absolute Gasteiger partial charge is 0.416 e. The number of hydrogen-bond donors (Lipinski definition) is 2. The Morgan fingerprint density at radius 1 is 1.03 bits per heavy atom. The number of hydrogen-bond acceptors (Lipinski definition) is 6. The summed E-state index contributed by atoms with van der Waals surface area (Å²) >= 11 is 0. The summed E-state index contributed by atoms with van der Waals surface area (Å²) in [5, 5.41) is 2.53. The molecule has 2 aromatic heterocycles. The number of benzene rings is 1. The Morgan fingerprint density at radius 2 is 1.83 bits per heavy atom. The number of nitrogens with two attached hydrogens (primary N) is 1. The van der Waals surface area contributed by atoms with Crippen LogP contribution in [0.5, 0.6) is 0 Å². The molecule has 0 radical (unpaired) electrons. The molecule has 0 bridgehead atoms. The zero-order valence-corrected chi connectivity index (χ0v) is 18.8. The van der Waals surface area contributed by atoms with Crippen molar-refractivity contribution >= 4 is 17.4 Å². The lowest BCUT2D eigenvalue weighted by atomic mass is 10.0. The van der Waals surface area contributed by atoms with Crippen molar-refractivity contribution in [1.29, 1.82) is 0 Å². The molecule has 3 heterocycles. The van der Waals surface area contributed by atoms with Gasteiger partial charge in [-0.05, 0) is 55.6 Å². The van der Waals surface area contributed by atoms with E-state index < -0.39 is 17.6 Å². The van der Waals surface area contributed by atoms with Crippen molar-refractivity contribution in [2.45, 2.75) is 32.0 Å². The summed E-state index contributed by atoms with van der Waals surface area (Å²) in [7, 11) is 0. The van der Waals surface area contributed by atoms with Crippen molar-refractivity contribution in [2.24, 2.45) is 0 Å². The molecule has 0 atom stereocenters. The second kappa shape index (κ2) is 10.5. The minimum absolute atomic E-state index is 0.0540. The lowest BCUT2D eigenvalue weighted by Gasteiger charge is -2.27. The molecule has 3 N–H and O–H groups in total. The van der Waals surface area contributed by atoms with Crippen LogP contribution in [0.25, 0.3) is 0 Å². The highest BCUT2D eigenvalue weighted by molar-refractivity contribution is 6.04. The van der Waals surface area contributed by atoms with Crippen LogP contribution >= 0.6 is 0 Å². The molecule has 10 heteroatoms. The molecule has 1 aliphatic heterocycles. The van der Waals surface area contributed by atoms with Gasteiger partial charge in [-0.15, -0.1) is 0 Å². The van der Waals surface area contributed by atoms with Crippen LogP contribution in [0, 0.1) is 11.8 Å². The summed E-state index contributed by atoms with van der Waals surface area (Å²) in [6, 6.07) is 5.40. The minimum atomic E-state index is -4.53. The van der Waals surface area contributed by atoms with E-state index >= 15 is 0 Å². The Hall–Kier alpha value is -3.97. The number of nitrogens with zero attached hydrogens (tertiary/aromatic N) is 4. The third kappa shape index (κ3) is 6.55. The highest BCUT2D eigenvalue weighted by Gasteiger charge is 2.34. The Kier molecular flexibility index (Phi) is 7.27. The number of carbonyl (C=O) groups excluding carboxylic acids is 1. The number of pyridine rings is 1. The Bertz CT molecular complexity index is 1260. The average molecular weight is 480 g/mol. The molecule has 0 unspecified atom stereocenters. The second-order valence-corrected chi connectivity index (χ2v) is 8.20. The smallest absolute Gasteiger partial charge is 0.382 e. The quantitative estimate of drug-likeness (QED) is 0.546. The van der Waals surface area contributed by atoms with Crippen LogP contribution in [0.4, 0.5) is 24.7 Å². The summed E-state index contributed by atoms with van der Waals surface area (Å²) in [6.45, 7) is 1.80. The van der Waals surface area contributed by atoms with Crippen LogP contribution < -0.4 is 11.1 Å². The Balaban J connectivity index is 1.50. The van der Waals surface area contributed by atoms with E-state index in [1.165, 1.54) is 43.0 Å². The molecular weight excluding hydrogens is 457 g/mol. The molecule has 0 saturated carbocycles. The van der Waals surface area contributed by atoms with E-state index in [2.05, 4.69) is 32.1 Å². The fourth-order valence-corrected chi connectivity index (χ4v) is 3.79. The van der Waals surface area contributed by atoms with E-state index in [-0.39, 0.29) is 29.2 Å². The number of carbonyl (C=O) groups is 1. The maximum Gasteiger partial charge on any atom is 0.416 e. The monoisotopic (exact) mass is 480 g/mol. The van der Waals surface area contributed by atoms with Gasteiger partial charge in [-0.2, -0.15) is 13.2 Å². The molecule has 4 rings (SSSR count). The molecule has 1 fully saturated rings. The first-order valence-corrected chi connectivity index (χ1v) is 11.1. The van der Waals surface area contributed by atoms with Crippen LogP contribution in [0.1, 0.15) is 52.0 Å². The molecule has 35 heavy (non-hydrogen) atoms. The number of alkyl halides is 3. The van der Waals surface area contributed by atoms with Crippen LogP contribution in [-0.2, 0) is 12.7 Å². The van der Waals surface area contributed by atoms with Crippen molar-refractivity contribution in [3.05, 3.63) is 77.0 Å². The lowest BCUT2D eigenvalue weighted by Crippen LogP contribution is -2.30. The molecule has 3 aromatic rings. The highest BCUT2D eigenvalue weighted by Crippen LogP contribution is 2.35. The first kappa shape index (κ1) is 24.2. The number of amides is 1. The van der Waals surface area contributed by atoms with Crippen LogP contribution in [0.2, 0.25) is 0 Å².